The highest BCUT2D eigenvalue weighted by molar-refractivity contribution is 6.04. The zero-order valence-corrected chi connectivity index (χ0v) is 28.1. The molecule has 0 aliphatic heterocycles. The summed E-state index contributed by atoms with van der Waals surface area (Å²) in [5.41, 5.74) is 9.64. The number of carbonyl (C=O) groups is 2. The Bertz CT molecular complexity index is 1610. The molecule has 0 aliphatic carbocycles. The number of nitrogens with zero attached hydrogens (tertiary/aromatic N) is 2. The molecule has 10 nitrogen and oxygen atoms in total. The number of rotatable bonds is 16. The summed E-state index contributed by atoms with van der Waals surface area (Å²) in [6, 6.07) is 14.7. The Labute approximate surface area is 281 Å². The molecule has 4 aromatic rings. The lowest BCUT2D eigenvalue weighted by Crippen LogP contribution is -2.35. The van der Waals surface area contributed by atoms with Gasteiger partial charge in [-0.3, -0.25) is 19.6 Å². The number of aryl methyl sites for hydroxylation is 3. The number of aliphatic hydroxyl groups is 4. The van der Waals surface area contributed by atoms with Gasteiger partial charge in [0.2, 0.25) is 0 Å². The average Bonchev–Trinajstić information content (AvgIpc) is 3.08. The first kappa shape index (κ1) is 36.5. The standard InChI is InChI=1S/C38H46N4O6/c1-23-14-36(41-16-29(23)12-11-27(19-43)20-44)38(48)42-34-10-6-9-33(26(34)4)32-8-5-7-28(25(32)3)15-37(47)35-13-24(2)30(18-40-35)17-39-31(21-45)22-46/h5-10,13-14,16,18,27,31,39,43-46H,11-12,15,17,19-22H2,1-4H3,(H,42,48). The van der Waals surface area contributed by atoms with Gasteiger partial charge in [-0.2, -0.15) is 0 Å². The van der Waals surface area contributed by atoms with E-state index in [1.54, 1.807) is 24.5 Å². The van der Waals surface area contributed by atoms with Crippen LogP contribution in [0, 0.1) is 33.6 Å². The maximum absolute atomic E-state index is 13.3. The second-order valence-electron chi connectivity index (χ2n) is 12.3. The van der Waals surface area contributed by atoms with Crippen molar-refractivity contribution in [1.29, 1.82) is 0 Å². The van der Waals surface area contributed by atoms with Crippen LogP contribution in [0.25, 0.3) is 11.1 Å². The number of Topliss-reactive ketones (excluding diaryl/α,β-unsaturated/α-hetero) is 1. The minimum absolute atomic E-state index is 0.0739. The van der Waals surface area contributed by atoms with Crippen molar-refractivity contribution in [2.45, 2.75) is 59.5 Å². The van der Waals surface area contributed by atoms with Gasteiger partial charge in [-0.25, -0.2) is 0 Å². The smallest absolute Gasteiger partial charge is 0.274 e. The van der Waals surface area contributed by atoms with Crippen molar-refractivity contribution in [1.82, 2.24) is 15.3 Å². The molecule has 0 fully saturated rings. The van der Waals surface area contributed by atoms with Gasteiger partial charge in [0.25, 0.3) is 5.91 Å². The number of amides is 1. The number of hydrogen-bond donors (Lipinski definition) is 6. The molecule has 0 atom stereocenters. The predicted octanol–water partition coefficient (Wildman–Crippen LogP) is 4.03. The molecule has 0 saturated heterocycles. The number of nitrogens with one attached hydrogen (secondary N) is 2. The second kappa shape index (κ2) is 17.2. The number of aromatic nitrogens is 2. The number of anilines is 1. The summed E-state index contributed by atoms with van der Waals surface area (Å²) in [7, 11) is 0. The van der Waals surface area contributed by atoms with Gasteiger partial charge in [-0.1, -0.05) is 30.3 Å². The average molecular weight is 655 g/mol. The Hall–Kier alpha value is -4.32. The molecule has 4 rings (SSSR count). The molecule has 0 radical (unpaired) electrons. The summed E-state index contributed by atoms with van der Waals surface area (Å²) >= 11 is 0. The molecular weight excluding hydrogens is 608 g/mol. The van der Waals surface area contributed by atoms with Gasteiger partial charge in [-0.15, -0.1) is 0 Å². The molecule has 2 heterocycles. The van der Waals surface area contributed by atoms with Crippen molar-refractivity contribution in [3.63, 3.8) is 0 Å². The molecule has 254 valence electrons. The van der Waals surface area contributed by atoms with Crippen LogP contribution in [0.2, 0.25) is 0 Å². The Balaban J connectivity index is 1.48. The van der Waals surface area contributed by atoms with Crippen LogP contribution in [0.4, 0.5) is 5.69 Å². The van der Waals surface area contributed by atoms with Crippen molar-refractivity contribution in [2.75, 3.05) is 31.7 Å². The van der Waals surface area contributed by atoms with Crippen molar-refractivity contribution >= 4 is 17.4 Å². The molecule has 0 spiro atoms. The van der Waals surface area contributed by atoms with E-state index in [0.717, 1.165) is 50.1 Å². The molecule has 48 heavy (non-hydrogen) atoms. The zero-order valence-electron chi connectivity index (χ0n) is 28.1. The fourth-order valence-electron chi connectivity index (χ4n) is 5.61. The van der Waals surface area contributed by atoms with Crippen LogP contribution < -0.4 is 10.6 Å². The highest BCUT2D eigenvalue weighted by Gasteiger charge is 2.18. The summed E-state index contributed by atoms with van der Waals surface area (Å²) < 4.78 is 0. The molecule has 0 aliphatic rings. The Kier molecular flexibility index (Phi) is 13.1. The Morgan fingerprint density at radius 1 is 0.729 bits per heavy atom. The third-order valence-electron chi connectivity index (χ3n) is 8.99. The van der Waals surface area contributed by atoms with Gasteiger partial charge < -0.3 is 31.1 Å². The van der Waals surface area contributed by atoms with E-state index >= 15 is 0 Å². The topological polar surface area (TPSA) is 165 Å². The van der Waals surface area contributed by atoms with Crippen LogP contribution in [0.15, 0.2) is 60.9 Å². The lowest BCUT2D eigenvalue weighted by molar-refractivity contribution is 0.0986. The summed E-state index contributed by atoms with van der Waals surface area (Å²) in [6.07, 6.45) is 4.80. The van der Waals surface area contributed by atoms with Crippen molar-refractivity contribution < 1.29 is 30.0 Å². The molecule has 2 aromatic carbocycles. The van der Waals surface area contributed by atoms with E-state index in [9.17, 15) is 30.0 Å². The summed E-state index contributed by atoms with van der Waals surface area (Å²) in [6.45, 7) is 7.69. The SMILES string of the molecule is Cc1cc(C(=O)Nc2cccc(-c3cccc(CC(=O)c4cc(C)c(CNC(CO)CO)cn4)c3C)c2C)ncc1CCC(CO)CO. The number of pyridine rings is 2. The summed E-state index contributed by atoms with van der Waals surface area (Å²) in [4.78, 5) is 35.4. The van der Waals surface area contributed by atoms with Gasteiger partial charge in [-0.05, 0) is 109 Å². The molecule has 6 N–H and O–H groups in total. The zero-order chi connectivity index (χ0) is 34.8. The van der Waals surface area contributed by atoms with E-state index in [-0.39, 0.29) is 50.5 Å². The van der Waals surface area contributed by atoms with E-state index in [1.807, 2.05) is 64.1 Å². The maximum Gasteiger partial charge on any atom is 0.274 e. The number of benzene rings is 2. The second-order valence-corrected chi connectivity index (χ2v) is 12.3. The predicted molar refractivity (Wildman–Crippen MR) is 186 cm³/mol. The molecule has 1 amide bonds. The molecular formula is C38H46N4O6. The lowest BCUT2D eigenvalue weighted by atomic mass is 9.91. The number of hydrogen-bond acceptors (Lipinski definition) is 9. The molecule has 0 bridgehead atoms. The van der Waals surface area contributed by atoms with Crippen LogP contribution >= 0.6 is 0 Å². The van der Waals surface area contributed by atoms with Gasteiger partial charge in [0.05, 0.1) is 19.3 Å². The van der Waals surface area contributed by atoms with E-state index in [4.69, 9.17) is 0 Å². The maximum atomic E-state index is 13.3. The monoisotopic (exact) mass is 654 g/mol. The van der Waals surface area contributed by atoms with Gasteiger partial charge in [0.1, 0.15) is 11.4 Å². The van der Waals surface area contributed by atoms with Crippen LogP contribution in [-0.4, -0.2) is 74.6 Å². The van der Waals surface area contributed by atoms with E-state index < -0.39 is 6.04 Å². The number of carbonyl (C=O) groups excluding carboxylic acids is 2. The van der Waals surface area contributed by atoms with Crippen LogP contribution in [0.5, 0.6) is 0 Å². The van der Waals surface area contributed by atoms with E-state index in [1.165, 1.54) is 0 Å². The largest absolute Gasteiger partial charge is 0.396 e. The first-order valence-electron chi connectivity index (χ1n) is 16.2. The molecule has 10 heteroatoms. The summed E-state index contributed by atoms with van der Waals surface area (Å²) in [5, 5.41) is 43.4. The van der Waals surface area contributed by atoms with E-state index in [0.29, 0.717) is 36.5 Å². The number of aliphatic hydroxyl groups excluding tert-OH is 4. The van der Waals surface area contributed by atoms with Crippen LogP contribution in [-0.2, 0) is 19.4 Å². The highest BCUT2D eigenvalue weighted by Crippen LogP contribution is 2.33. The fourth-order valence-corrected chi connectivity index (χ4v) is 5.61. The highest BCUT2D eigenvalue weighted by atomic mass is 16.3. The quantitative estimate of drug-likeness (QED) is 0.0979. The molecule has 0 saturated carbocycles. The third-order valence-corrected chi connectivity index (χ3v) is 8.99. The first-order chi connectivity index (χ1) is 23.1. The van der Waals surface area contributed by atoms with Crippen molar-refractivity contribution in [2.24, 2.45) is 5.92 Å². The van der Waals surface area contributed by atoms with E-state index in [2.05, 4.69) is 20.6 Å². The third kappa shape index (κ3) is 8.97. The Morgan fingerprint density at radius 3 is 1.98 bits per heavy atom. The first-order valence-corrected chi connectivity index (χ1v) is 16.2. The molecule has 0 unspecified atom stereocenters. The van der Waals surface area contributed by atoms with Crippen molar-refractivity contribution in [3.8, 4) is 11.1 Å². The van der Waals surface area contributed by atoms with Gasteiger partial charge in [0, 0.05) is 50.2 Å². The van der Waals surface area contributed by atoms with Crippen LogP contribution in [0.1, 0.15) is 66.3 Å². The van der Waals surface area contributed by atoms with Gasteiger partial charge in [0.15, 0.2) is 5.78 Å². The minimum atomic E-state index is -0.420. The number of ketones is 1. The van der Waals surface area contributed by atoms with Crippen molar-refractivity contribution in [3.05, 3.63) is 111 Å². The normalized spacial score (nSPS) is 11.4. The fraction of sp³-hybridized carbons (Fsp3) is 0.368. The summed E-state index contributed by atoms with van der Waals surface area (Å²) in [5.74, 6) is -0.606. The minimum Gasteiger partial charge on any atom is -0.396 e. The van der Waals surface area contributed by atoms with Gasteiger partial charge >= 0.3 is 0 Å². The molecule has 2 aromatic heterocycles. The lowest BCUT2D eigenvalue weighted by Gasteiger charge is -2.17. The Morgan fingerprint density at radius 2 is 1.33 bits per heavy atom. The van der Waals surface area contributed by atoms with Crippen LogP contribution in [0.3, 0.4) is 0 Å².